The van der Waals surface area contributed by atoms with Crippen LogP contribution in [0.1, 0.15) is 25.5 Å². The van der Waals surface area contributed by atoms with E-state index in [1.54, 1.807) is 0 Å². The molecule has 1 amide bonds. The lowest BCUT2D eigenvalue weighted by atomic mass is 10.0. The monoisotopic (exact) mass is 263 g/mol. The summed E-state index contributed by atoms with van der Waals surface area (Å²) in [5.74, 6) is 0.251. The Kier molecular flexibility index (Phi) is 5.99. The summed E-state index contributed by atoms with van der Waals surface area (Å²) in [6.07, 6.45) is 0. The van der Waals surface area contributed by atoms with Gasteiger partial charge in [0.1, 0.15) is 6.04 Å². The van der Waals surface area contributed by atoms with E-state index >= 15 is 0 Å². The highest BCUT2D eigenvalue weighted by atomic mass is 16.2. The summed E-state index contributed by atoms with van der Waals surface area (Å²) < 4.78 is 0. The maximum absolute atomic E-state index is 12.2. The van der Waals surface area contributed by atoms with Crippen LogP contribution >= 0.6 is 0 Å². The second-order valence-corrected chi connectivity index (χ2v) is 5.51. The molecular weight excluding hydrogens is 238 g/mol. The van der Waals surface area contributed by atoms with Crippen LogP contribution in [0.25, 0.3) is 0 Å². The van der Waals surface area contributed by atoms with Gasteiger partial charge < -0.3 is 16.0 Å². The average molecular weight is 263 g/mol. The van der Waals surface area contributed by atoms with Crippen LogP contribution < -0.4 is 11.1 Å². The summed E-state index contributed by atoms with van der Waals surface area (Å²) in [5.41, 5.74) is 6.83. The van der Waals surface area contributed by atoms with Crippen molar-refractivity contribution >= 4 is 5.91 Å². The minimum absolute atomic E-state index is 0.109. The number of nitrogens with two attached hydrogens (primary N) is 1. The lowest BCUT2D eigenvalue weighted by Gasteiger charge is -2.27. The number of amides is 1. The largest absolute Gasteiger partial charge is 0.350 e. The minimum atomic E-state index is -0.607. The Labute approximate surface area is 116 Å². The molecule has 0 bridgehead atoms. The number of rotatable bonds is 6. The van der Waals surface area contributed by atoms with Crippen molar-refractivity contribution in [2.75, 3.05) is 20.6 Å². The first-order valence-electron chi connectivity index (χ1n) is 6.67. The van der Waals surface area contributed by atoms with E-state index in [0.717, 1.165) is 12.1 Å². The molecule has 0 radical (unpaired) electrons. The zero-order chi connectivity index (χ0) is 14.4. The zero-order valence-electron chi connectivity index (χ0n) is 12.3. The fraction of sp³-hybridized carbons (Fsp3) is 0.533. The average Bonchev–Trinajstić information content (AvgIpc) is 2.37. The Bertz CT molecular complexity index is 390. The summed E-state index contributed by atoms with van der Waals surface area (Å²) >= 11 is 0. The van der Waals surface area contributed by atoms with E-state index < -0.39 is 6.04 Å². The van der Waals surface area contributed by atoms with Crippen LogP contribution in [-0.2, 0) is 4.79 Å². The van der Waals surface area contributed by atoms with Gasteiger partial charge in [-0.1, -0.05) is 44.2 Å². The second kappa shape index (κ2) is 7.26. The summed E-state index contributed by atoms with van der Waals surface area (Å²) in [6.45, 7) is 5.01. The number of hydrogen-bond acceptors (Lipinski definition) is 3. The van der Waals surface area contributed by atoms with E-state index in [0.29, 0.717) is 5.92 Å². The number of hydrogen-bond donors (Lipinski definition) is 2. The fourth-order valence-electron chi connectivity index (χ4n) is 1.90. The normalized spacial score (nSPS) is 14.5. The molecule has 4 nitrogen and oxygen atoms in total. The molecule has 19 heavy (non-hydrogen) atoms. The molecule has 4 heteroatoms. The molecule has 1 rings (SSSR count). The van der Waals surface area contributed by atoms with Crippen molar-refractivity contribution < 1.29 is 4.79 Å². The Hall–Kier alpha value is -1.39. The van der Waals surface area contributed by atoms with Crippen LogP contribution in [0.2, 0.25) is 0 Å². The van der Waals surface area contributed by atoms with Crippen molar-refractivity contribution in [1.82, 2.24) is 10.2 Å². The van der Waals surface area contributed by atoms with E-state index in [-0.39, 0.29) is 11.9 Å². The molecule has 0 aliphatic carbocycles. The second-order valence-electron chi connectivity index (χ2n) is 5.51. The maximum Gasteiger partial charge on any atom is 0.241 e. The van der Waals surface area contributed by atoms with Gasteiger partial charge in [-0.05, 0) is 25.6 Å². The Morgan fingerprint density at radius 1 is 1.26 bits per heavy atom. The first-order chi connectivity index (χ1) is 8.91. The van der Waals surface area contributed by atoms with Crippen molar-refractivity contribution in [3.63, 3.8) is 0 Å². The van der Waals surface area contributed by atoms with Crippen molar-refractivity contribution in [1.29, 1.82) is 0 Å². The van der Waals surface area contributed by atoms with Crippen LogP contribution in [0.3, 0.4) is 0 Å². The molecule has 0 aliphatic heterocycles. The summed E-state index contributed by atoms with van der Waals surface area (Å²) in [4.78, 5) is 14.3. The van der Waals surface area contributed by atoms with Crippen LogP contribution in [0.4, 0.5) is 0 Å². The molecule has 0 heterocycles. The highest BCUT2D eigenvalue weighted by molar-refractivity contribution is 5.83. The van der Waals surface area contributed by atoms with Gasteiger partial charge >= 0.3 is 0 Å². The number of likely N-dealkylation sites (N-methyl/N-ethyl adjacent to an activating group) is 1. The molecule has 1 aromatic carbocycles. The van der Waals surface area contributed by atoms with Gasteiger partial charge in [0.05, 0.1) is 0 Å². The molecule has 1 aromatic rings. The molecule has 0 aromatic heterocycles. The number of carbonyl (C=O) groups excluding carboxylic acids is 1. The van der Waals surface area contributed by atoms with Crippen molar-refractivity contribution in [2.24, 2.45) is 11.7 Å². The maximum atomic E-state index is 12.2. The zero-order valence-corrected chi connectivity index (χ0v) is 12.3. The molecule has 0 fully saturated rings. The molecule has 0 aliphatic rings. The Morgan fingerprint density at radius 2 is 1.84 bits per heavy atom. The third kappa shape index (κ3) is 5.01. The number of nitrogens with zero attached hydrogens (tertiary/aromatic N) is 1. The van der Waals surface area contributed by atoms with E-state index in [1.165, 1.54) is 0 Å². The van der Waals surface area contributed by atoms with Crippen LogP contribution in [0.15, 0.2) is 30.3 Å². The number of nitrogens with one attached hydrogen (secondary N) is 1. The summed E-state index contributed by atoms with van der Waals surface area (Å²) in [6, 6.07) is 8.95. The topological polar surface area (TPSA) is 58.4 Å². The molecule has 0 saturated carbocycles. The lowest BCUT2D eigenvalue weighted by Crippen LogP contribution is -2.48. The van der Waals surface area contributed by atoms with Crippen LogP contribution in [0.5, 0.6) is 0 Å². The fourth-order valence-corrected chi connectivity index (χ4v) is 1.90. The third-order valence-corrected chi connectivity index (χ3v) is 3.14. The molecule has 0 spiro atoms. The first-order valence-corrected chi connectivity index (χ1v) is 6.67. The molecule has 106 valence electrons. The van der Waals surface area contributed by atoms with E-state index in [2.05, 4.69) is 24.1 Å². The van der Waals surface area contributed by atoms with Gasteiger partial charge in [0, 0.05) is 12.6 Å². The Balaban J connectivity index is 2.66. The van der Waals surface area contributed by atoms with Crippen molar-refractivity contribution in [2.45, 2.75) is 25.9 Å². The SMILES string of the molecule is CC(C)C(CN(C)C)NC(=O)C(N)c1ccccc1. The van der Waals surface area contributed by atoms with Gasteiger partial charge in [-0.25, -0.2) is 0 Å². The smallest absolute Gasteiger partial charge is 0.241 e. The van der Waals surface area contributed by atoms with E-state index in [9.17, 15) is 4.79 Å². The van der Waals surface area contributed by atoms with E-state index in [4.69, 9.17) is 5.73 Å². The molecular formula is C15H25N3O. The van der Waals surface area contributed by atoms with E-state index in [1.807, 2.05) is 44.4 Å². The summed E-state index contributed by atoms with van der Waals surface area (Å²) in [5, 5.41) is 3.04. The van der Waals surface area contributed by atoms with Crippen molar-refractivity contribution in [3.8, 4) is 0 Å². The highest BCUT2D eigenvalue weighted by Gasteiger charge is 2.21. The van der Waals surface area contributed by atoms with Gasteiger partial charge in [0.25, 0.3) is 0 Å². The van der Waals surface area contributed by atoms with Crippen molar-refractivity contribution in [3.05, 3.63) is 35.9 Å². The lowest BCUT2D eigenvalue weighted by molar-refractivity contribution is -0.123. The van der Waals surface area contributed by atoms with Gasteiger partial charge in [-0.3, -0.25) is 4.79 Å². The Morgan fingerprint density at radius 3 is 2.32 bits per heavy atom. The molecule has 2 atom stereocenters. The van der Waals surface area contributed by atoms with Gasteiger partial charge in [0.2, 0.25) is 5.91 Å². The standard InChI is InChI=1S/C15H25N3O/c1-11(2)13(10-18(3)4)17-15(19)14(16)12-8-6-5-7-9-12/h5-9,11,13-14H,10,16H2,1-4H3,(H,17,19). The number of benzene rings is 1. The highest BCUT2D eigenvalue weighted by Crippen LogP contribution is 2.11. The van der Waals surface area contributed by atoms with Gasteiger partial charge in [-0.2, -0.15) is 0 Å². The number of carbonyl (C=O) groups is 1. The quantitative estimate of drug-likeness (QED) is 0.815. The molecule has 3 N–H and O–H groups in total. The molecule has 0 saturated heterocycles. The minimum Gasteiger partial charge on any atom is -0.350 e. The van der Waals surface area contributed by atoms with Crippen LogP contribution in [0, 0.1) is 5.92 Å². The predicted octanol–water partition coefficient (Wildman–Crippen LogP) is 1.39. The predicted molar refractivity (Wildman–Crippen MR) is 78.7 cm³/mol. The third-order valence-electron chi connectivity index (χ3n) is 3.14. The van der Waals surface area contributed by atoms with Gasteiger partial charge in [-0.15, -0.1) is 0 Å². The van der Waals surface area contributed by atoms with Gasteiger partial charge in [0.15, 0.2) is 0 Å². The first kappa shape index (κ1) is 15.7. The van der Waals surface area contributed by atoms with Crippen LogP contribution in [-0.4, -0.2) is 37.5 Å². The molecule has 2 unspecified atom stereocenters. The summed E-state index contributed by atoms with van der Waals surface area (Å²) in [7, 11) is 4.00.